The molecular formula is C21H26N4O3. The zero-order chi connectivity index (χ0) is 20.9. The SMILES string of the molecule is CC#Cc1cncc(/C=C/[C@]2(C)CC(=O)N(C)C(=NC(=O)OC(C)(C)C)N2)c1. The maximum absolute atomic E-state index is 12.4. The number of guanidine groups is 1. The third-order valence-electron chi connectivity index (χ3n) is 3.87. The van der Waals surface area contributed by atoms with Gasteiger partial charge in [0.1, 0.15) is 5.60 Å². The van der Waals surface area contributed by atoms with Gasteiger partial charge in [-0.25, -0.2) is 4.79 Å². The highest BCUT2D eigenvalue weighted by Crippen LogP contribution is 2.21. The lowest BCUT2D eigenvalue weighted by molar-refractivity contribution is -0.128. The molecule has 2 amide bonds. The summed E-state index contributed by atoms with van der Waals surface area (Å²) < 4.78 is 5.21. The van der Waals surface area contributed by atoms with Gasteiger partial charge in [0.05, 0.1) is 12.0 Å². The molecule has 1 aromatic heterocycles. The van der Waals surface area contributed by atoms with E-state index in [1.807, 2.05) is 25.1 Å². The molecule has 1 atom stereocenters. The number of aliphatic imine (C=N–C) groups is 1. The Bertz CT molecular complexity index is 887. The van der Waals surface area contributed by atoms with E-state index in [0.717, 1.165) is 11.1 Å². The second-order valence-electron chi connectivity index (χ2n) is 7.80. The normalized spacial score (nSPS) is 21.3. The van der Waals surface area contributed by atoms with Crippen LogP contribution in [0.3, 0.4) is 0 Å². The van der Waals surface area contributed by atoms with Crippen molar-refractivity contribution in [1.82, 2.24) is 15.2 Å². The molecule has 0 radical (unpaired) electrons. The summed E-state index contributed by atoms with van der Waals surface area (Å²) in [6, 6.07) is 1.91. The number of carbonyl (C=O) groups excluding carboxylic acids is 2. The summed E-state index contributed by atoms with van der Waals surface area (Å²) in [4.78, 5) is 33.9. The second kappa shape index (κ2) is 8.26. The smallest absolute Gasteiger partial charge is 0.437 e. The minimum absolute atomic E-state index is 0.154. The lowest BCUT2D eigenvalue weighted by Crippen LogP contribution is -2.59. The average Bonchev–Trinajstić information content (AvgIpc) is 2.57. The molecule has 1 aliphatic heterocycles. The molecule has 28 heavy (non-hydrogen) atoms. The molecule has 0 aromatic carbocycles. The molecule has 7 nitrogen and oxygen atoms in total. The van der Waals surface area contributed by atoms with Crippen molar-refractivity contribution < 1.29 is 14.3 Å². The van der Waals surface area contributed by atoms with Crippen LogP contribution in [0.5, 0.6) is 0 Å². The first-order valence-corrected chi connectivity index (χ1v) is 8.95. The Morgan fingerprint density at radius 2 is 2.14 bits per heavy atom. The quantitative estimate of drug-likeness (QED) is 0.795. The number of carbonyl (C=O) groups is 2. The lowest BCUT2D eigenvalue weighted by atomic mass is 9.93. The second-order valence-corrected chi connectivity index (χ2v) is 7.80. The van der Waals surface area contributed by atoms with E-state index < -0.39 is 17.2 Å². The summed E-state index contributed by atoms with van der Waals surface area (Å²) in [5.74, 6) is 5.80. The van der Waals surface area contributed by atoms with Gasteiger partial charge in [0.15, 0.2) is 0 Å². The van der Waals surface area contributed by atoms with Crippen molar-refractivity contribution in [3.8, 4) is 11.8 Å². The Labute approximate surface area is 165 Å². The molecule has 1 aromatic rings. The highest BCUT2D eigenvalue weighted by atomic mass is 16.6. The molecule has 1 N–H and O–H groups in total. The Morgan fingerprint density at radius 1 is 1.43 bits per heavy atom. The standard InChI is InChI=1S/C21H26N4O3/c1-7-8-15-11-16(14-22-13-15)9-10-21(5)12-17(26)25(6)18(24-21)23-19(27)28-20(2,3)4/h9-11,13-14H,12H2,1-6H3,(H,23,24,27)/b10-9+/t21-/m1/s1. The molecule has 7 heteroatoms. The number of nitrogens with one attached hydrogen (secondary N) is 1. The van der Waals surface area contributed by atoms with E-state index in [2.05, 4.69) is 27.1 Å². The molecule has 1 fully saturated rings. The Morgan fingerprint density at radius 3 is 2.79 bits per heavy atom. The molecular weight excluding hydrogens is 356 g/mol. The van der Waals surface area contributed by atoms with Crippen LogP contribution >= 0.6 is 0 Å². The third-order valence-corrected chi connectivity index (χ3v) is 3.87. The number of amides is 2. The van der Waals surface area contributed by atoms with Crippen molar-refractivity contribution >= 4 is 24.0 Å². The van der Waals surface area contributed by atoms with Gasteiger partial charge in [0, 0.05) is 25.0 Å². The fourth-order valence-electron chi connectivity index (χ4n) is 2.55. The van der Waals surface area contributed by atoms with Crippen LogP contribution in [-0.2, 0) is 9.53 Å². The summed E-state index contributed by atoms with van der Waals surface area (Å²) in [7, 11) is 1.57. The maximum Gasteiger partial charge on any atom is 0.437 e. The first-order chi connectivity index (χ1) is 13.0. The van der Waals surface area contributed by atoms with Gasteiger partial charge in [-0.3, -0.25) is 14.7 Å². The van der Waals surface area contributed by atoms with Gasteiger partial charge >= 0.3 is 6.09 Å². The van der Waals surface area contributed by atoms with Gasteiger partial charge in [-0.15, -0.1) is 10.9 Å². The van der Waals surface area contributed by atoms with E-state index in [-0.39, 0.29) is 18.3 Å². The molecule has 1 aliphatic rings. The first-order valence-electron chi connectivity index (χ1n) is 8.95. The third kappa shape index (κ3) is 5.95. The maximum atomic E-state index is 12.4. The van der Waals surface area contributed by atoms with E-state index >= 15 is 0 Å². The van der Waals surface area contributed by atoms with Crippen LogP contribution in [0, 0.1) is 11.8 Å². The molecule has 0 spiro atoms. The first kappa shape index (κ1) is 21.2. The molecule has 2 heterocycles. The van der Waals surface area contributed by atoms with Gasteiger partial charge in [-0.2, -0.15) is 0 Å². The van der Waals surface area contributed by atoms with Crippen LogP contribution in [0.4, 0.5) is 4.79 Å². The molecule has 0 bridgehead atoms. The number of ether oxygens (including phenoxy) is 1. The Kier molecular flexibility index (Phi) is 6.24. The van der Waals surface area contributed by atoms with Crippen LogP contribution in [0.1, 0.15) is 52.2 Å². The van der Waals surface area contributed by atoms with Gasteiger partial charge in [0.2, 0.25) is 11.9 Å². The summed E-state index contributed by atoms with van der Waals surface area (Å²) in [5.41, 5.74) is 0.299. The molecule has 2 rings (SSSR count). The van der Waals surface area contributed by atoms with Crippen molar-refractivity contribution in [1.29, 1.82) is 0 Å². The largest absolute Gasteiger partial charge is 0.442 e. The van der Waals surface area contributed by atoms with Crippen molar-refractivity contribution in [3.63, 3.8) is 0 Å². The van der Waals surface area contributed by atoms with E-state index in [1.54, 1.807) is 47.1 Å². The topological polar surface area (TPSA) is 83.9 Å². The van der Waals surface area contributed by atoms with Crippen molar-refractivity contribution in [3.05, 3.63) is 35.7 Å². The molecule has 0 aliphatic carbocycles. The monoisotopic (exact) mass is 382 g/mol. The number of pyridine rings is 1. The summed E-state index contributed by atoms with van der Waals surface area (Å²) in [6.07, 6.45) is 6.60. The summed E-state index contributed by atoms with van der Waals surface area (Å²) in [5, 5.41) is 3.16. The zero-order valence-electron chi connectivity index (χ0n) is 17.2. The van der Waals surface area contributed by atoms with E-state index in [4.69, 9.17) is 4.74 Å². The van der Waals surface area contributed by atoms with Crippen molar-refractivity contribution in [2.24, 2.45) is 4.99 Å². The van der Waals surface area contributed by atoms with Gasteiger partial charge in [-0.05, 0) is 46.2 Å². The predicted octanol–water partition coefficient (Wildman–Crippen LogP) is 2.97. The minimum atomic E-state index is -0.752. The Hall–Kier alpha value is -3.14. The minimum Gasteiger partial charge on any atom is -0.442 e. The van der Waals surface area contributed by atoms with E-state index in [9.17, 15) is 9.59 Å². The lowest BCUT2D eigenvalue weighted by Gasteiger charge is -2.37. The number of hydrogen-bond donors (Lipinski definition) is 1. The van der Waals surface area contributed by atoms with Crippen LogP contribution in [0.25, 0.3) is 6.08 Å². The number of nitrogens with zero attached hydrogens (tertiary/aromatic N) is 3. The van der Waals surface area contributed by atoms with E-state index in [0.29, 0.717) is 0 Å². The zero-order valence-corrected chi connectivity index (χ0v) is 17.2. The van der Waals surface area contributed by atoms with Crippen LogP contribution in [0.15, 0.2) is 29.5 Å². The number of rotatable bonds is 2. The van der Waals surface area contributed by atoms with Gasteiger partial charge in [0.25, 0.3) is 0 Å². The van der Waals surface area contributed by atoms with Crippen molar-refractivity contribution in [2.75, 3.05) is 7.05 Å². The van der Waals surface area contributed by atoms with E-state index in [1.165, 1.54) is 4.90 Å². The number of hydrogen-bond acceptors (Lipinski definition) is 4. The van der Waals surface area contributed by atoms with Gasteiger partial charge in [-0.1, -0.05) is 18.1 Å². The summed E-state index contributed by atoms with van der Waals surface area (Å²) >= 11 is 0. The van der Waals surface area contributed by atoms with Crippen molar-refractivity contribution in [2.45, 2.75) is 52.2 Å². The van der Waals surface area contributed by atoms with Crippen LogP contribution in [0.2, 0.25) is 0 Å². The molecule has 148 valence electrons. The van der Waals surface area contributed by atoms with Crippen LogP contribution < -0.4 is 5.32 Å². The summed E-state index contributed by atoms with van der Waals surface area (Å²) in [6.45, 7) is 8.90. The Balaban J connectivity index is 2.24. The molecule has 0 saturated carbocycles. The molecule has 0 unspecified atom stereocenters. The van der Waals surface area contributed by atoms with Crippen LogP contribution in [-0.4, -0.2) is 46.0 Å². The van der Waals surface area contributed by atoms with Gasteiger partial charge < -0.3 is 10.1 Å². The highest BCUT2D eigenvalue weighted by molar-refractivity contribution is 6.03. The molecule has 1 saturated heterocycles. The highest BCUT2D eigenvalue weighted by Gasteiger charge is 2.36. The predicted molar refractivity (Wildman–Crippen MR) is 108 cm³/mol. The average molecular weight is 382 g/mol. The fourth-order valence-corrected chi connectivity index (χ4v) is 2.55. The number of aromatic nitrogens is 1. The fraction of sp³-hybridized carbons (Fsp3) is 0.429.